The molecule has 0 aromatic heterocycles. The van der Waals surface area contributed by atoms with Crippen LogP contribution in [-0.4, -0.2) is 46.6 Å². The monoisotopic (exact) mass is 300 g/mol. The van der Waals surface area contributed by atoms with Crippen molar-refractivity contribution in [1.82, 2.24) is 4.90 Å². The Labute approximate surface area is 119 Å². The first-order valence-corrected chi connectivity index (χ1v) is 7.27. The van der Waals surface area contributed by atoms with Gasteiger partial charge in [0.2, 0.25) is 0 Å². The highest BCUT2D eigenvalue weighted by atomic mass is 35.5. The van der Waals surface area contributed by atoms with Crippen molar-refractivity contribution in [3.63, 3.8) is 0 Å². The first-order valence-electron chi connectivity index (χ1n) is 5.74. The third-order valence-electron chi connectivity index (χ3n) is 2.76. The van der Waals surface area contributed by atoms with Gasteiger partial charge in [-0.1, -0.05) is 11.6 Å². The van der Waals surface area contributed by atoms with E-state index in [1.165, 1.54) is 18.2 Å². The Bertz CT molecular complexity index is 504. The van der Waals surface area contributed by atoms with Gasteiger partial charge in [-0.25, -0.2) is 9.59 Å². The van der Waals surface area contributed by atoms with Gasteiger partial charge in [-0.2, -0.15) is 11.8 Å². The number of halogens is 1. The molecule has 2 amide bonds. The zero-order valence-electron chi connectivity index (χ0n) is 10.1. The van der Waals surface area contributed by atoms with Crippen LogP contribution in [0.5, 0.6) is 0 Å². The molecule has 0 atom stereocenters. The number of rotatable bonds is 2. The quantitative estimate of drug-likeness (QED) is 0.881. The number of aromatic carboxylic acids is 1. The molecule has 2 N–H and O–H groups in total. The molecular weight excluding hydrogens is 288 g/mol. The second-order valence-electron chi connectivity index (χ2n) is 4.03. The first kappa shape index (κ1) is 14.0. The number of carboxylic acids is 1. The molecule has 0 spiro atoms. The van der Waals surface area contributed by atoms with Crippen LogP contribution < -0.4 is 5.32 Å². The molecule has 2 rings (SSSR count). The van der Waals surface area contributed by atoms with Crippen LogP contribution in [-0.2, 0) is 0 Å². The zero-order valence-corrected chi connectivity index (χ0v) is 11.6. The summed E-state index contributed by atoms with van der Waals surface area (Å²) in [7, 11) is 0. The van der Waals surface area contributed by atoms with Crippen molar-refractivity contribution >= 4 is 41.1 Å². The Morgan fingerprint density at radius 2 is 2.00 bits per heavy atom. The van der Waals surface area contributed by atoms with E-state index in [0.29, 0.717) is 18.8 Å². The molecule has 1 fully saturated rings. The third kappa shape index (κ3) is 3.54. The minimum absolute atomic E-state index is 0.0948. The van der Waals surface area contributed by atoms with Crippen LogP contribution in [0.25, 0.3) is 0 Å². The summed E-state index contributed by atoms with van der Waals surface area (Å²) < 4.78 is 0. The smallest absolute Gasteiger partial charge is 0.335 e. The maximum absolute atomic E-state index is 12.0. The largest absolute Gasteiger partial charge is 0.478 e. The van der Waals surface area contributed by atoms with E-state index in [4.69, 9.17) is 16.7 Å². The molecule has 1 aromatic rings. The summed E-state index contributed by atoms with van der Waals surface area (Å²) >= 11 is 7.77. The van der Waals surface area contributed by atoms with Crippen LogP contribution in [0.3, 0.4) is 0 Å². The second-order valence-corrected chi connectivity index (χ2v) is 5.66. The average Bonchev–Trinajstić information content (AvgIpc) is 2.41. The number of benzene rings is 1. The highest BCUT2D eigenvalue weighted by Gasteiger charge is 2.17. The number of carboxylic acid groups (broad SMARTS) is 1. The van der Waals surface area contributed by atoms with Gasteiger partial charge in [0.25, 0.3) is 0 Å². The van der Waals surface area contributed by atoms with E-state index in [-0.39, 0.29) is 16.6 Å². The van der Waals surface area contributed by atoms with Gasteiger partial charge in [0, 0.05) is 24.6 Å². The molecular formula is C12H13ClN2O3S. The van der Waals surface area contributed by atoms with Gasteiger partial charge < -0.3 is 15.3 Å². The van der Waals surface area contributed by atoms with Crippen molar-refractivity contribution in [3.05, 3.63) is 28.8 Å². The van der Waals surface area contributed by atoms with Gasteiger partial charge in [0.05, 0.1) is 16.3 Å². The number of nitrogens with zero attached hydrogens (tertiary/aromatic N) is 1. The fourth-order valence-electron chi connectivity index (χ4n) is 1.71. The predicted octanol–water partition coefficient (Wildman–Crippen LogP) is 2.62. The summed E-state index contributed by atoms with van der Waals surface area (Å²) in [4.78, 5) is 24.5. The SMILES string of the molecule is O=C(O)c1ccc(NC(=O)N2CCSCC2)c(Cl)c1. The van der Waals surface area contributed by atoms with E-state index >= 15 is 0 Å². The first-order chi connectivity index (χ1) is 9.08. The molecule has 0 bridgehead atoms. The number of amides is 2. The fraction of sp³-hybridized carbons (Fsp3) is 0.333. The Balaban J connectivity index is 2.06. The number of carbonyl (C=O) groups is 2. The minimum Gasteiger partial charge on any atom is -0.478 e. The number of anilines is 1. The summed E-state index contributed by atoms with van der Waals surface area (Å²) in [6.07, 6.45) is 0. The van der Waals surface area contributed by atoms with Crippen LogP contribution in [0.15, 0.2) is 18.2 Å². The van der Waals surface area contributed by atoms with Crippen molar-refractivity contribution in [3.8, 4) is 0 Å². The van der Waals surface area contributed by atoms with Crippen molar-refractivity contribution in [1.29, 1.82) is 0 Å². The maximum atomic E-state index is 12.0. The lowest BCUT2D eigenvalue weighted by atomic mass is 10.2. The molecule has 0 saturated carbocycles. The lowest BCUT2D eigenvalue weighted by Gasteiger charge is -2.26. The van der Waals surface area contributed by atoms with Crippen molar-refractivity contribution in [2.45, 2.75) is 0 Å². The maximum Gasteiger partial charge on any atom is 0.335 e. The molecule has 0 radical (unpaired) electrons. The summed E-state index contributed by atoms with van der Waals surface area (Å²) in [5.74, 6) is 0.811. The Kier molecular flexibility index (Phi) is 4.55. The van der Waals surface area contributed by atoms with E-state index < -0.39 is 5.97 Å². The van der Waals surface area contributed by atoms with E-state index in [0.717, 1.165) is 11.5 Å². The second kappa shape index (κ2) is 6.16. The third-order valence-corrected chi connectivity index (χ3v) is 4.01. The molecule has 5 nitrogen and oxygen atoms in total. The van der Waals surface area contributed by atoms with Crippen molar-refractivity contribution < 1.29 is 14.7 Å². The summed E-state index contributed by atoms with van der Waals surface area (Å²) in [6.45, 7) is 1.42. The highest BCUT2D eigenvalue weighted by Crippen LogP contribution is 2.23. The Morgan fingerprint density at radius 3 is 2.58 bits per heavy atom. The minimum atomic E-state index is -1.05. The van der Waals surface area contributed by atoms with E-state index in [1.54, 1.807) is 4.90 Å². The predicted molar refractivity (Wildman–Crippen MR) is 76.3 cm³/mol. The van der Waals surface area contributed by atoms with Gasteiger partial charge >= 0.3 is 12.0 Å². The van der Waals surface area contributed by atoms with Crippen LogP contribution in [0.4, 0.5) is 10.5 Å². The molecule has 0 aliphatic carbocycles. The van der Waals surface area contributed by atoms with E-state index in [2.05, 4.69) is 5.32 Å². The standard InChI is InChI=1S/C12H13ClN2O3S/c13-9-7-8(11(16)17)1-2-10(9)14-12(18)15-3-5-19-6-4-15/h1-2,7H,3-6H2,(H,14,18)(H,16,17). The molecule has 102 valence electrons. The topological polar surface area (TPSA) is 69.6 Å². The van der Waals surface area contributed by atoms with Gasteiger partial charge in [0.15, 0.2) is 0 Å². The van der Waals surface area contributed by atoms with Crippen LogP contribution in [0.1, 0.15) is 10.4 Å². The highest BCUT2D eigenvalue weighted by molar-refractivity contribution is 7.99. The molecule has 1 heterocycles. The molecule has 1 aromatic carbocycles. The number of hydrogen-bond acceptors (Lipinski definition) is 3. The molecule has 0 unspecified atom stereocenters. The van der Waals surface area contributed by atoms with Gasteiger partial charge in [-0.15, -0.1) is 0 Å². The number of thioether (sulfide) groups is 1. The van der Waals surface area contributed by atoms with Crippen molar-refractivity contribution in [2.24, 2.45) is 0 Å². The molecule has 1 aliphatic rings. The number of urea groups is 1. The number of carbonyl (C=O) groups excluding carboxylic acids is 1. The van der Waals surface area contributed by atoms with Crippen LogP contribution in [0.2, 0.25) is 5.02 Å². The van der Waals surface area contributed by atoms with Crippen LogP contribution in [0, 0.1) is 0 Å². The molecule has 1 aliphatic heterocycles. The van der Waals surface area contributed by atoms with Gasteiger partial charge in [-0.05, 0) is 18.2 Å². The van der Waals surface area contributed by atoms with Crippen LogP contribution >= 0.6 is 23.4 Å². The fourth-order valence-corrected chi connectivity index (χ4v) is 2.84. The van der Waals surface area contributed by atoms with E-state index in [9.17, 15) is 9.59 Å². The lowest BCUT2D eigenvalue weighted by molar-refractivity contribution is 0.0697. The number of nitrogens with one attached hydrogen (secondary N) is 1. The Hall–Kier alpha value is -1.40. The normalized spacial score (nSPS) is 15.1. The average molecular weight is 301 g/mol. The number of hydrogen-bond donors (Lipinski definition) is 2. The zero-order chi connectivity index (χ0) is 13.8. The van der Waals surface area contributed by atoms with Crippen molar-refractivity contribution in [2.75, 3.05) is 29.9 Å². The molecule has 1 saturated heterocycles. The van der Waals surface area contributed by atoms with Gasteiger partial charge in [0.1, 0.15) is 0 Å². The molecule has 19 heavy (non-hydrogen) atoms. The molecule has 7 heteroatoms. The lowest BCUT2D eigenvalue weighted by Crippen LogP contribution is -2.40. The Morgan fingerprint density at radius 1 is 1.32 bits per heavy atom. The van der Waals surface area contributed by atoms with E-state index in [1.807, 2.05) is 11.8 Å². The summed E-state index contributed by atoms with van der Waals surface area (Å²) in [6, 6.07) is 4.04. The summed E-state index contributed by atoms with van der Waals surface area (Å²) in [5.41, 5.74) is 0.521. The van der Waals surface area contributed by atoms with Gasteiger partial charge in [-0.3, -0.25) is 0 Å². The summed E-state index contributed by atoms with van der Waals surface area (Å²) in [5, 5.41) is 11.8.